The number of amides is 3. The third-order valence-corrected chi connectivity index (χ3v) is 4.19. The Morgan fingerprint density at radius 2 is 2.30 bits per heavy atom. The van der Waals surface area contributed by atoms with Gasteiger partial charge in [0.15, 0.2) is 0 Å². The number of fused-ring (bicyclic) bond motifs is 2. The van der Waals surface area contributed by atoms with E-state index >= 15 is 0 Å². The second kappa shape index (κ2) is 5.91. The molecule has 0 aliphatic carbocycles. The predicted octanol–water partition coefficient (Wildman–Crippen LogP) is 1.24. The van der Waals surface area contributed by atoms with Gasteiger partial charge in [0.25, 0.3) is 5.91 Å². The van der Waals surface area contributed by atoms with Gasteiger partial charge in [-0.2, -0.15) is 0 Å². The number of hydrogen-bond acceptors (Lipinski definition) is 3. The highest BCUT2D eigenvalue weighted by Crippen LogP contribution is 2.31. The van der Waals surface area contributed by atoms with E-state index in [0.717, 1.165) is 0 Å². The molecule has 3 rings (SSSR count). The van der Waals surface area contributed by atoms with E-state index in [9.17, 15) is 14.0 Å². The van der Waals surface area contributed by atoms with Gasteiger partial charge < -0.3 is 19.9 Å². The van der Waals surface area contributed by atoms with E-state index in [4.69, 9.17) is 4.74 Å². The van der Waals surface area contributed by atoms with Crippen molar-refractivity contribution in [3.8, 4) is 5.75 Å². The summed E-state index contributed by atoms with van der Waals surface area (Å²) in [6.07, 6.45) is 1.21. The van der Waals surface area contributed by atoms with E-state index in [2.05, 4.69) is 11.9 Å². The molecule has 0 radical (unpaired) electrons. The van der Waals surface area contributed by atoms with Crippen LogP contribution in [0.1, 0.15) is 10.4 Å². The lowest BCUT2D eigenvalue weighted by atomic mass is 10.1. The van der Waals surface area contributed by atoms with Crippen LogP contribution in [0.3, 0.4) is 0 Å². The van der Waals surface area contributed by atoms with Crippen LogP contribution in [0.4, 0.5) is 9.18 Å². The molecule has 0 saturated carbocycles. The monoisotopic (exact) mass is 319 g/mol. The minimum Gasteiger partial charge on any atom is -0.485 e. The van der Waals surface area contributed by atoms with Crippen molar-refractivity contribution >= 4 is 11.9 Å². The summed E-state index contributed by atoms with van der Waals surface area (Å²) in [5.41, 5.74) is 0.339. The molecule has 2 heterocycles. The molecule has 1 aromatic carbocycles. The first-order valence-electron chi connectivity index (χ1n) is 7.38. The number of urea groups is 1. The van der Waals surface area contributed by atoms with E-state index in [1.807, 2.05) is 0 Å². The summed E-state index contributed by atoms with van der Waals surface area (Å²) in [5, 5.41) is 2.70. The van der Waals surface area contributed by atoms with Crippen LogP contribution < -0.4 is 10.1 Å². The van der Waals surface area contributed by atoms with Gasteiger partial charge in [-0.05, 0) is 12.1 Å². The minimum absolute atomic E-state index is 0.225. The molecule has 2 atom stereocenters. The molecular weight excluding hydrogens is 301 g/mol. The molecule has 23 heavy (non-hydrogen) atoms. The van der Waals surface area contributed by atoms with E-state index in [-0.39, 0.29) is 29.8 Å². The number of halogens is 1. The average Bonchev–Trinajstić information content (AvgIpc) is 2.91. The normalized spacial score (nSPS) is 22.8. The van der Waals surface area contributed by atoms with E-state index in [0.29, 0.717) is 25.2 Å². The second-order valence-electron chi connectivity index (χ2n) is 5.66. The molecule has 2 aliphatic rings. The van der Waals surface area contributed by atoms with Crippen LogP contribution >= 0.6 is 0 Å². The number of likely N-dealkylation sites (N-methyl/N-ethyl adjacent to an activating group) is 1. The van der Waals surface area contributed by atoms with E-state index in [1.165, 1.54) is 18.2 Å². The van der Waals surface area contributed by atoms with Gasteiger partial charge in [-0.25, -0.2) is 9.18 Å². The van der Waals surface area contributed by atoms with Crippen molar-refractivity contribution in [2.45, 2.75) is 12.1 Å². The Labute approximate surface area is 133 Å². The number of benzene rings is 1. The van der Waals surface area contributed by atoms with Crippen molar-refractivity contribution in [2.24, 2.45) is 0 Å². The SMILES string of the molecule is C=CCNC(=O)N1C[C@@H]2Oc3cc(F)ccc3C(=O)N(C)[C@@H]2C1. The molecule has 0 aromatic heterocycles. The van der Waals surface area contributed by atoms with Gasteiger partial charge in [0.05, 0.1) is 18.2 Å². The fraction of sp³-hybridized carbons (Fsp3) is 0.375. The molecular formula is C16H18FN3O3. The minimum atomic E-state index is -0.462. The fourth-order valence-electron chi connectivity index (χ4n) is 2.96. The summed E-state index contributed by atoms with van der Waals surface area (Å²) in [7, 11) is 1.67. The summed E-state index contributed by atoms with van der Waals surface area (Å²) >= 11 is 0. The maximum absolute atomic E-state index is 13.5. The number of ether oxygens (including phenoxy) is 1. The molecule has 0 bridgehead atoms. The first-order valence-corrected chi connectivity index (χ1v) is 7.38. The quantitative estimate of drug-likeness (QED) is 0.834. The van der Waals surface area contributed by atoms with Crippen molar-refractivity contribution in [3.63, 3.8) is 0 Å². The molecule has 122 valence electrons. The van der Waals surface area contributed by atoms with Crippen LogP contribution in [0.5, 0.6) is 5.75 Å². The third-order valence-electron chi connectivity index (χ3n) is 4.19. The maximum atomic E-state index is 13.5. The predicted molar refractivity (Wildman–Crippen MR) is 81.9 cm³/mol. The molecule has 7 heteroatoms. The molecule has 0 spiro atoms. The van der Waals surface area contributed by atoms with Crippen molar-refractivity contribution in [3.05, 3.63) is 42.2 Å². The van der Waals surface area contributed by atoms with Gasteiger partial charge in [0.2, 0.25) is 0 Å². The maximum Gasteiger partial charge on any atom is 0.317 e. The lowest BCUT2D eigenvalue weighted by Gasteiger charge is -2.24. The summed E-state index contributed by atoms with van der Waals surface area (Å²) in [4.78, 5) is 27.8. The van der Waals surface area contributed by atoms with Crippen LogP contribution in [0.15, 0.2) is 30.9 Å². The third kappa shape index (κ3) is 2.74. The number of carbonyl (C=O) groups is 2. The first kappa shape index (κ1) is 15.3. The molecule has 0 unspecified atom stereocenters. The molecule has 2 aliphatic heterocycles. The Bertz CT molecular complexity index is 664. The Hall–Kier alpha value is -2.57. The highest BCUT2D eigenvalue weighted by Gasteiger charge is 2.43. The summed E-state index contributed by atoms with van der Waals surface area (Å²) in [5.74, 6) is -0.472. The lowest BCUT2D eigenvalue weighted by Crippen LogP contribution is -2.44. The van der Waals surface area contributed by atoms with Gasteiger partial charge in [0.1, 0.15) is 17.7 Å². The van der Waals surface area contributed by atoms with Crippen LogP contribution in [-0.4, -0.2) is 60.6 Å². The van der Waals surface area contributed by atoms with Crippen LogP contribution in [0.25, 0.3) is 0 Å². The number of carbonyl (C=O) groups excluding carboxylic acids is 2. The standard InChI is InChI=1S/C16H18FN3O3/c1-3-6-18-16(22)20-8-12-14(9-20)23-13-7-10(17)4-5-11(13)15(21)19(12)2/h3-5,7,12,14H,1,6,8-9H2,2H3,(H,18,22)/t12-,14+/m1/s1. The molecule has 3 amide bonds. The van der Waals surface area contributed by atoms with Crippen molar-refractivity contribution in [1.82, 2.24) is 15.1 Å². The van der Waals surface area contributed by atoms with Gasteiger partial charge in [-0.3, -0.25) is 4.79 Å². The van der Waals surface area contributed by atoms with Crippen LogP contribution in [0, 0.1) is 5.82 Å². The van der Waals surface area contributed by atoms with Crippen LogP contribution in [-0.2, 0) is 0 Å². The van der Waals surface area contributed by atoms with Crippen LogP contribution in [0.2, 0.25) is 0 Å². The Kier molecular flexibility index (Phi) is 3.94. The summed E-state index contributed by atoms with van der Waals surface area (Å²) < 4.78 is 19.3. The second-order valence-corrected chi connectivity index (χ2v) is 5.66. The zero-order chi connectivity index (χ0) is 16.6. The number of nitrogens with zero attached hydrogens (tertiary/aromatic N) is 2. The molecule has 1 saturated heterocycles. The Morgan fingerprint density at radius 1 is 1.52 bits per heavy atom. The van der Waals surface area contributed by atoms with Gasteiger partial charge in [0, 0.05) is 26.2 Å². The van der Waals surface area contributed by atoms with E-state index < -0.39 is 5.82 Å². The smallest absolute Gasteiger partial charge is 0.317 e. The zero-order valence-corrected chi connectivity index (χ0v) is 12.8. The van der Waals surface area contributed by atoms with E-state index in [1.54, 1.807) is 22.9 Å². The van der Waals surface area contributed by atoms with Gasteiger partial charge >= 0.3 is 6.03 Å². The molecule has 1 aromatic rings. The van der Waals surface area contributed by atoms with Crippen molar-refractivity contribution in [2.75, 3.05) is 26.7 Å². The van der Waals surface area contributed by atoms with Crippen molar-refractivity contribution < 1.29 is 18.7 Å². The number of rotatable bonds is 2. The molecule has 1 fully saturated rings. The molecule has 6 nitrogen and oxygen atoms in total. The van der Waals surface area contributed by atoms with Gasteiger partial charge in [-0.15, -0.1) is 6.58 Å². The fourth-order valence-corrected chi connectivity index (χ4v) is 2.96. The first-order chi connectivity index (χ1) is 11.0. The lowest BCUT2D eigenvalue weighted by molar-refractivity contribution is 0.0682. The largest absolute Gasteiger partial charge is 0.485 e. The number of hydrogen-bond donors (Lipinski definition) is 1. The highest BCUT2D eigenvalue weighted by atomic mass is 19.1. The Balaban J connectivity index is 1.84. The molecule has 1 N–H and O–H groups in total. The Morgan fingerprint density at radius 3 is 3.04 bits per heavy atom. The highest BCUT2D eigenvalue weighted by molar-refractivity contribution is 5.97. The van der Waals surface area contributed by atoms with Gasteiger partial charge in [-0.1, -0.05) is 6.08 Å². The summed E-state index contributed by atoms with van der Waals surface area (Å²) in [6, 6.07) is 3.38. The number of nitrogens with one attached hydrogen (secondary N) is 1. The topological polar surface area (TPSA) is 61.9 Å². The van der Waals surface area contributed by atoms with Crippen molar-refractivity contribution in [1.29, 1.82) is 0 Å². The summed E-state index contributed by atoms with van der Waals surface area (Å²) in [6.45, 7) is 4.62. The average molecular weight is 319 g/mol. The zero-order valence-electron chi connectivity index (χ0n) is 12.8. The number of likely N-dealkylation sites (tertiary alicyclic amines) is 1.